The van der Waals surface area contributed by atoms with E-state index in [4.69, 9.17) is 10.5 Å². The van der Waals surface area contributed by atoms with E-state index < -0.39 is 0 Å². The van der Waals surface area contributed by atoms with Crippen molar-refractivity contribution < 1.29 is 14.6 Å². The van der Waals surface area contributed by atoms with Crippen molar-refractivity contribution in [3.63, 3.8) is 0 Å². The number of nitrogens with two attached hydrogens (primary N) is 1. The largest absolute Gasteiger partial charge is 0.493 e. The molecule has 1 atom stereocenters. The van der Waals surface area contributed by atoms with Gasteiger partial charge in [0.05, 0.1) is 30.0 Å². The molecule has 1 aromatic carbocycles. The molecule has 2 aromatic rings. The lowest BCUT2D eigenvalue weighted by molar-refractivity contribution is 0.0235. The van der Waals surface area contributed by atoms with Gasteiger partial charge in [-0.3, -0.25) is 4.79 Å². The number of nitrogens with zero attached hydrogens (tertiary/aromatic N) is 2. The average molecular weight is 354 g/mol. The normalized spacial score (nSPS) is 22.1. The molecule has 1 fully saturated rings. The summed E-state index contributed by atoms with van der Waals surface area (Å²) in [7, 11) is 0. The number of benzene rings is 1. The van der Waals surface area contributed by atoms with Gasteiger partial charge in [-0.15, -0.1) is 0 Å². The van der Waals surface area contributed by atoms with Crippen molar-refractivity contribution in [2.24, 2.45) is 5.92 Å². The van der Waals surface area contributed by atoms with Crippen LogP contribution in [0.4, 0.5) is 5.95 Å². The maximum absolute atomic E-state index is 12.8. The first kappa shape index (κ1) is 16.8. The Morgan fingerprint density at radius 3 is 2.96 bits per heavy atom. The summed E-state index contributed by atoms with van der Waals surface area (Å²) < 4.78 is 5.57. The summed E-state index contributed by atoms with van der Waals surface area (Å²) in [6, 6.07) is 5.88. The van der Waals surface area contributed by atoms with Gasteiger partial charge in [0, 0.05) is 12.6 Å². The Labute approximate surface area is 151 Å². The maximum atomic E-state index is 12.8. The zero-order valence-electron chi connectivity index (χ0n) is 14.6. The average Bonchev–Trinajstić information content (AvgIpc) is 3.04. The lowest BCUT2D eigenvalue weighted by Crippen LogP contribution is -2.41. The molecule has 0 unspecified atom stereocenters. The van der Waals surface area contributed by atoms with Crippen LogP contribution in [0.5, 0.6) is 5.75 Å². The summed E-state index contributed by atoms with van der Waals surface area (Å²) in [6.45, 7) is 2.43. The Hall–Kier alpha value is -2.67. The fourth-order valence-electron chi connectivity index (χ4n) is 3.70. The summed E-state index contributed by atoms with van der Waals surface area (Å²) in [5.41, 5.74) is 8.73. The number of aliphatic hydroxyl groups is 1. The van der Waals surface area contributed by atoms with E-state index in [0.29, 0.717) is 30.7 Å². The van der Waals surface area contributed by atoms with Crippen LogP contribution in [-0.4, -0.2) is 33.7 Å². The third-order valence-corrected chi connectivity index (χ3v) is 5.22. The predicted molar refractivity (Wildman–Crippen MR) is 95.8 cm³/mol. The molecule has 26 heavy (non-hydrogen) atoms. The Morgan fingerprint density at radius 1 is 1.42 bits per heavy atom. The topological polar surface area (TPSA) is 110 Å². The van der Waals surface area contributed by atoms with Crippen LogP contribution in [0.15, 0.2) is 24.4 Å². The second-order valence-electron chi connectivity index (χ2n) is 7.03. The smallest absolute Gasteiger partial charge is 0.255 e. The molecule has 7 nitrogen and oxygen atoms in total. The van der Waals surface area contributed by atoms with E-state index >= 15 is 0 Å². The minimum absolute atomic E-state index is 0.149. The quantitative estimate of drug-likeness (QED) is 0.768. The molecule has 2 heterocycles. The predicted octanol–water partition coefficient (Wildman–Crippen LogP) is 1.54. The zero-order chi connectivity index (χ0) is 18.3. The minimum atomic E-state index is -0.293. The van der Waals surface area contributed by atoms with Crippen molar-refractivity contribution >= 4 is 11.9 Å². The molecule has 0 spiro atoms. The summed E-state index contributed by atoms with van der Waals surface area (Å²) >= 11 is 0. The molecule has 136 valence electrons. The number of amides is 1. The number of fused-ring (bicyclic) bond motifs is 1. The molecule has 0 radical (unpaired) electrons. The van der Waals surface area contributed by atoms with Gasteiger partial charge in [0.2, 0.25) is 5.95 Å². The van der Waals surface area contributed by atoms with Gasteiger partial charge in [-0.05, 0) is 48.9 Å². The summed E-state index contributed by atoms with van der Waals surface area (Å²) in [5, 5.41) is 12.8. The first-order valence-corrected chi connectivity index (χ1v) is 8.85. The van der Waals surface area contributed by atoms with Crippen molar-refractivity contribution in [2.45, 2.75) is 38.3 Å². The number of aryl methyl sites for hydroxylation is 1. The van der Waals surface area contributed by atoms with E-state index in [2.05, 4.69) is 21.4 Å². The third kappa shape index (κ3) is 3.10. The molecule has 7 heteroatoms. The Kier molecular flexibility index (Phi) is 4.24. The fraction of sp³-hybridized carbons (Fsp3) is 0.421. The second-order valence-corrected chi connectivity index (χ2v) is 7.03. The molecule has 1 amide bonds. The summed E-state index contributed by atoms with van der Waals surface area (Å²) in [4.78, 5) is 20.8. The highest BCUT2D eigenvalue weighted by atomic mass is 16.5. The van der Waals surface area contributed by atoms with Crippen molar-refractivity contribution in [1.29, 1.82) is 0 Å². The number of carbonyl (C=O) groups excluding carboxylic acids is 1. The first-order valence-electron chi connectivity index (χ1n) is 8.85. The summed E-state index contributed by atoms with van der Waals surface area (Å²) in [6.07, 6.45) is 3.39. The van der Waals surface area contributed by atoms with Gasteiger partial charge in [0.1, 0.15) is 5.75 Å². The van der Waals surface area contributed by atoms with Gasteiger partial charge < -0.3 is 20.9 Å². The van der Waals surface area contributed by atoms with Gasteiger partial charge in [0.15, 0.2) is 0 Å². The lowest BCUT2D eigenvalue weighted by Gasteiger charge is -2.38. The van der Waals surface area contributed by atoms with Crippen LogP contribution in [0.25, 0.3) is 0 Å². The monoisotopic (exact) mass is 354 g/mol. The van der Waals surface area contributed by atoms with E-state index in [1.807, 2.05) is 12.1 Å². The number of carbonyl (C=O) groups is 1. The molecular formula is C19H22N4O3. The third-order valence-electron chi connectivity index (χ3n) is 5.22. The highest BCUT2D eigenvalue weighted by molar-refractivity contribution is 5.95. The van der Waals surface area contributed by atoms with Crippen LogP contribution in [0.2, 0.25) is 0 Å². The van der Waals surface area contributed by atoms with E-state index in [1.54, 1.807) is 6.92 Å². The number of anilines is 1. The molecule has 1 aliphatic carbocycles. The maximum Gasteiger partial charge on any atom is 0.255 e. The van der Waals surface area contributed by atoms with Crippen LogP contribution in [-0.2, 0) is 6.42 Å². The molecular weight excluding hydrogens is 332 g/mol. The number of hydrogen-bond donors (Lipinski definition) is 3. The molecule has 2 aliphatic rings. The molecule has 1 saturated carbocycles. The summed E-state index contributed by atoms with van der Waals surface area (Å²) in [5.74, 6) is 1.03. The van der Waals surface area contributed by atoms with Gasteiger partial charge in [-0.2, -0.15) is 0 Å². The van der Waals surface area contributed by atoms with Gasteiger partial charge in [-0.25, -0.2) is 9.97 Å². The van der Waals surface area contributed by atoms with Crippen LogP contribution in [0.1, 0.15) is 46.1 Å². The van der Waals surface area contributed by atoms with Crippen molar-refractivity contribution in [2.75, 3.05) is 12.3 Å². The highest BCUT2D eigenvalue weighted by Gasteiger charge is 2.36. The van der Waals surface area contributed by atoms with Gasteiger partial charge in [0.25, 0.3) is 5.91 Å². The molecule has 0 bridgehead atoms. The van der Waals surface area contributed by atoms with Gasteiger partial charge >= 0.3 is 0 Å². The Bertz CT molecular complexity index is 849. The number of aliphatic hydroxyl groups excluding tert-OH is 1. The van der Waals surface area contributed by atoms with Crippen LogP contribution in [0, 0.1) is 12.8 Å². The number of aromatic nitrogens is 2. The molecule has 4 rings (SSSR count). The molecule has 1 aromatic heterocycles. The van der Waals surface area contributed by atoms with E-state index in [9.17, 15) is 9.90 Å². The van der Waals surface area contributed by atoms with Crippen LogP contribution < -0.4 is 15.8 Å². The van der Waals surface area contributed by atoms with Crippen LogP contribution >= 0.6 is 0 Å². The molecule has 0 saturated heterocycles. The zero-order valence-corrected chi connectivity index (χ0v) is 14.6. The molecule has 4 N–H and O–H groups in total. The fourth-order valence-corrected chi connectivity index (χ4v) is 3.70. The molecule has 1 aliphatic heterocycles. The second kappa shape index (κ2) is 6.57. The minimum Gasteiger partial charge on any atom is -0.493 e. The number of nitrogens with one attached hydrogen (secondary N) is 1. The van der Waals surface area contributed by atoms with E-state index in [0.717, 1.165) is 23.3 Å². The number of hydrogen-bond acceptors (Lipinski definition) is 6. The van der Waals surface area contributed by atoms with Crippen molar-refractivity contribution in [3.05, 3.63) is 46.8 Å². The first-order chi connectivity index (χ1) is 12.5. The number of nitrogen functional groups attached to an aromatic ring is 1. The Morgan fingerprint density at radius 2 is 2.23 bits per heavy atom. The number of ether oxygens (including phenoxy) is 1. The SMILES string of the molecule is Cc1nc(N)ncc1C(=O)N[C@H](c1ccc2c(c1)CCO2)C1CC(O)C1. The Balaban J connectivity index is 1.60. The standard InChI is InChI=1S/C19H22N4O3/c1-10-15(9-21-19(20)22-10)18(25)23-17(13-7-14(24)8-13)12-2-3-16-11(6-12)4-5-26-16/h2-3,6,9,13-14,17,24H,4-5,7-8H2,1H3,(H,23,25)(H2,20,21,22)/t13?,14?,17-/m1/s1. The van der Waals surface area contributed by atoms with Crippen molar-refractivity contribution in [3.8, 4) is 5.75 Å². The lowest BCUT2D eigenvalue weighted by atomic mass is 9.74. The van der Waals surface area contributed by atoms with Crippen LogP contribution in [0.3, 0.4) is 0 Å². The van der Waals surface area contributed by atoms with E-state index in [1.165, 1.54) is 6.20 Å². The van der Waals surface area contributed by atoms with E-state index in [-0.39, 0.29) is 29.9 Å². The van der Waals surface area contributed by atoms with Crippen molar-refractivity contribution in [1.82, 2.24) is 15.3 Å². The number of rotatable bonds is 4. The highest BCUT2D eigenvalue weighted by Crippen LogP contribution is 2.40. The van der Waals surface area contributed by atoms with Gasteiger partial charge in [-0.1, -0.05) is 6.07 Å².